The van der Waals surface area contributed by atoms with Gasteiger partial charge in [-0.1, -0.05) is 19.0 Å². The van der Waals surface area contributed by atoms with Crippen LogP contribution < -0.4 is 15.8 Å². The Labute approximate surface area is 119 Å². The third kappa shape index (κ3) is 5.07. The van der Waals surface area contributed by atoms with Crippen molar-refractivity contribution in [2.45, 2.75) is 19.9 Å². The highest BCUT2D eigenvalue weighted by molar-refractivity contribution is 5.97. The number of hydrogen-bond acceptors (Lipinski definition) is 5. The summed E-state index contributed by atoms with van der Waals surface area (Å²) in [6.45, 7) is 5.39. The lowest BCUT2D eigenvalue weighted by Gasteiger charge is -2.19. The lowest BCUT2D eigenvalue weighted by molar-refractivity contribution is 0.202. The van der Waals surface area contributed by atoms with Crippen molar-refractivity contribution in [2.75, 3.05) is 19.8 Å². The smallest absolute Gasteiger partial charge is 0.170 e. The number of nitrogens with zero attached hydrogens (tertiary/aromatic N) is 1. The van der Waals surface area contributed by atoms with E-state index in [1.54, 1.807) is 24.3 Å². The van der Waals surface area contributed by atoms with Gasteiger partial charge in [-0.25, -0.2) is 0 Å². The Bertz CT molecular complexity index is 418. The molecule has 0 aliphatic heterocycles. The summed E-state index contributed by atoms with van der Waals surface area (Å²) in [5.74, 6) is 1.16. The fourth-order valence-corrected chi connectivity index (χ4v) is 1.70. The van der Waals surface area contributed by atoms with Gasteiger partial charge in [-0.3, -0.25) is 0 Å². The normalized spacial score (nSPS) is 13.5. The van der Waals surface area contributed by atoms with Crippen molar-refractivity contribution in [3.63, 3.8) is 0 Å². The minimum atomic E-state index is 0.0703. The zero-order valence-corrected chi connectivity index (χ0v) is 11.9. The number of aliphatic hydroxyl groups is 1. The monoisotopic (exact) mass is 281 g/mol. The molecule has 0 spiro atoms. The van der Waals surface area contributed by atoms with Gasteiger partial charge < -0.3 is 26.1 Å². The van der Waals surface area contributed by atoms with Crippen LogP contribution in [0.4, 0.5) is 0 Å². The van der Waals surface area contributed by atoms with E-state index in [0.717, 1.165) is 0 Å². The first kappa shape index (κ1) is 16.3. The molecule has 5 N–H and O–H groups in total. The minimum absolute atomic E-state index is 0.0703. The second kappa shape index (κ2) is 8.39. The van der Waals surface area contributed by atoms with Crippen LogP contribution in [0.5, 0.6) is 5.75 Å². The number of hydrogen-bond donors (Lipinski definition) is 4. The molecule has 0 aromatic heterocycles. The molecular formula is C14H23N3O3. The molecule has 0 saturated carbocycles. The Morgan fingerprint density at radius 3 is 2.50 bits per heavy atom. The molecule has 0 aliphatic rings. The maximum absolute atomic E-state index is 9.17. The summed E-state index contributed by atoms with van der Waals surface area (Å²) in [6, 6.07) is 7.06. The van der Waals surface area contributed by atoms with Gasteiger partial charge in [0.1, 0.15) is 12.4 Å². The van der Waals surface area contributed by atoms with Crippen LogP contribution in [0.2, 0.25) is 0 Å². The molecule has 6 heteroatoms. The summed E-state index contributed by atoms with van der Waals surface area (Å²) in [4.78, 5) is 0. The van der Waals surface area contributed by atoms with E-state index in [1.807, 2.05) is 0 Å². The predicted molar refractivity (Wildman–Crippen MR) is 78.2 cm³/mol. The van der Waals surface area contributed by atoms with E-state index in [9.17, 15) is 5.11 Å². The quantitative estimate of drug-likeness (QED) is 0.185. The number of rotatable bonds is 8. The van der Waals surface area contributed by atoms with E-state index < -0.39 is 0 Å². The van der Waals surface area contributed by atoms with Gasteiger partial charge in [0.25, 0.3) is 0 Å². The Kier molecular flexibility index (Phi) is 6.83. The van der Waals surface area contributed by atoms with Crippen molar-refractivity contribution in [2.24, 2.45) is 16.8 Å². The van der Waals surface area contributed by atoms with Crippen molar-refractivity contribution in [3.05, 3.63) is 29.8 Å². The lowest BCUT2D eigenvalue weighted by Crippen LogP contribution is -2.39. The van der Waals surface area contributed by atoms with E-state index in [1.165, 1.54) is 0 Å². The summed E-state index contributed by atoms with van der Waals surface area (Å²) < 4.78 is 5.56. The molecule has 0 heterocycles. The second-order valence-electron chi connectivity index (χ2n) is 4.85. The summed E-state index contributed by atoms with van der Waals surface area (Å²) in [5, 5.41) is 23.9. The maximum atomic E-state index is 9.17. The number of oxime groups is 1. The van der Waals surface area contributed by atoms with Crippen LogP contribution in [0.15, 0.2) is 29.4 Å². The third-order valence-electron chi connectivity index (χ3n) is 3.04. The number of amidine groups is 1. The van der Waals surface area contributed by atoms with Crippen LogP contribution >= 0.6 is 0 Å². The second-order valence-corrected chi connectivity index (χ2v) is 4.85. The molecule has 0 aliphatic carbocycles. The van der Waals surface area contributed by atoms with Crippen LogP contribution in [-0.2, 0) is 0 Å². The topological polar surface area (TPSA) is 100 Å². The Hall–Kier alpha value is -1.79. The van der Waals surface area contributed by atoms with Gasteiger partial charge >= 0.3 is 0 Å². The van der Waals surface area contributed by atoms with E-state index >= 15 is 0 Å². The fraction of sp³-hybridized carbons (Fsp3) is 0.500. The molecule has 0 radical (unpaired) electrons. The lowest BCUT2D eigenvalue weighted by atomic mass is 10.1. The highest BCUT2D eigenvalue weighted by Crippen LogP contribution is 2.11. The zero-order chi connectivity index (χ0) is 15.0. The Morgan fingerprint density at radius 1 is 1.35 bits per heavy atom. The van der Waals surface area contributed by atoms with Crippen molar-refractivity contribution in [1.29, 1.82) is 0 Å². The minimum Gasteiger partial charge on any atom is -0.492 e. The SMILES string of the molecule is CC(C)C(CO)NCCOc1ccc(C(N)=NO)cc1. The summed E-state index contributed by atoms with van der Waals surface area (Å²) in [5.41, 5.74) is 6.11. The molecule has 6 nitrogen and oxygen atoms in total. The molecule has 112 valence electrons. The molecule has 1 unspecified atom stereocenters. The molecule has 1 rings (SSSR count). The number of nitrogens with one attached hydrogen (secondary N) is 1. The van der Waals surface area contributed by atoms with Gasteiger partial charge in [0, 0.05) is 18.2 Å². The Balaban J connectivity index is 2.36. The highest BCUT2D eigenvalue weighted by Gasteiger charge is 2.10. The van der Waals surface area contributed by atoms with Gasteiger partial charge in [0.15, 0.2) is 5.84 Å². The van der Waals surface area contributed by atoms with Gasteiger partial charge in [-0.15, -0.1) is 0 Å². The van der Waals surface area contributed by atoms with Crippen molar-refractivity contribution in [3.8, 4) is 5.75 Å². The average molecular weight is 281 g/mol. The molecule has 0 bridgehead atoms. The molecule has 1 aromatic rings. The van der Waals surface area contributed by atoms with Crippen LogP contribution in [0.25, 0.3) is 0 Å². The van der Waals surface area contributed by atoms with Crippen molar-refractivity contribution in [1.82, 2.24) is 5.32 Å². The van der Waals surface area contributed by atoms with Crippen LogP contribution in [-0.4, -0.2) is 41.9 Å². The molecular weight excluding hydrogens is 258 g/mol. The number of nitrogens with two attached hydrogens (primary N) is 1. The third-order valence-corrected chi connectivity index (χ3v) is 3.04. The van der Waals surface area contributed by atoms with Crippen LogP contribution in [0, 0.1) is 5.92 Å². The van der Waals surface area contributed by atoms with E-state index in [-0.39, 0.29) is 18.5 Å². The summed E-state index contributed by atoms with van der Waals surface area (Å²) in [6.07, 6.45) is 0. The van der Waals surface area contributed by atoms with Gasteiger partial charge in [-0.2, -0.15) is 0 Å². The number of aliphatic hydroxyl groups excluding tert-OH is 1. The largest absolute Gasteiger partial charge is 0.492 e. The first-order chi connectivity index (χ1) is 9.58. The Morgan fingerprint density at radius 2 is 2.00 bits per heavy atom. The molecule has 20 heavy (non-hydrogen) atoms. The van der Waals surface area contributed by atoms with Crippen molar-refractivity contribution >= 4 is 5.84 Å². The van der Waals surface area contributed by atoms with Crippen LogP contribution in [0.1, 0.15) is 19.4 Å². The van der Waals surface area contributed by atoms with E-state index in [0.29, 0.717) is 30.4 Å². The zero-order valence-electron chi connectivity index (χ0n) is 11.9. The fourth-order valence-electron chi connectivity index (χ4n) is 1.70. The van der Waals surface area contributed by atoms with Gasteiger partial charge in [-0.05, 0) is 30.2 Å². The molecule has 0 saturated heterocycles. The molecule has 1 aromatic carbocycles. The number of ether oxygens (including phenoxy) is 1. The predicted octanol–water partition coefficient (Wildman–Crippen LogP) is 0.766. The maximum Gasteiger partial charge on any atom is 0.170 e. The number of benzene rings is 1. The first-order valence-corrected chi connectivity index (χ1v) is 6.63. The highest BCUT2D eigenvalue weighted by atomic mass is 16.5. The van der Waals surface area contributed by atoms with E-state index in [4.69, 9.17) is 15.7 Å². The first-order valence-electron chi connectivity index (χ1n) is 6.63. The van der Waals surface area contributed by atoms with Gasteiger partial charge in [0.05, 0.1) is 6.61 Å². The summed E-state index contributed by atoms with van der Waals surface area (Å²) in [7, 11) is 0. The van der Waals surface area contributed by atoms with Crippen molar-refractivity contribution < 1.29 is 15.1 Å². The van der Waals surface area contributed by atoms with Crippen LogP contribution in [0.3, 0.4) is 0 Å². The molecule has 0 fully saturated rings. The summed E-state index contributed by atoms with van der Waals surface area (Å²) >= 11 is 0. The molecule has 0 amide bonds. The molecule has 1 atom stereocenters. The average Bonchev–Trinajstić information content (AvgIpc) is 2.46. The van der Waals surface area contributed by atoms with E-state index in [2.05, 4.69) is 24.3 Å². The van der Waals surface area contributed by atoms with Gasteiger partial charge in [0.2, 0.25) is 0 Å². The standard InChI is InChI=1S/C14H23N3O3/c1-10(2)13(9-18)16-7-8-20-12-5-3-11(4-6-12)14(15)17-19/h3-6,10,13,16,18-19H,7-9H2,1-2H3,(H2,15,17).